The fourth-order valence-electron chi connectivity index (χ4n) is 3.56. The smallest absolute Gasteiger partial charge is 0.475 e. The third-order valence-electron chi connectivity index (χ3n) is 5.14. The second-order valence-electron chi connectivity index (χ2n) is 7.38. The summed E-state index contributed by atoms with van der Waals surface area (Å²) < 4.78 is 43.9. The third kappa shape index (κ3) is 6.58. The Morgan fingerprint density at radius 2 is 2.00 bits per heavy atom. The molecule has 31 heavy (non-hydrogen) atoms. The highest BCUT2D eigenvalue weighted by molar-refractivity contribution is 7.09. The molecule has 2 aromatic rings. The van der Waals surface area contributed by atoms with Gasteiger partial charge in [-0.2, -0.15) is 13.2 Å². The predicted octanol–water partition coefficient (Wildman–Crippen LogP) is 3.22. The number of hydrogen-bond acceptors (Lipinski definition) is 8. The number of halogens is 3. The Morgan fingerprint density at radius 3 is 2.55 bits per heavy atom. The summed E-state index contributed by atoms with van der Waals surface area (Å²) in [5.74, 6) is -2.76. The van der Waals surface area contributed by atoms with E-state index < -0.39 is 12.1 Å². The standard InChI is InChI=1S/C17H22N4O2S.C2HF3O2/c1-13-20-14(11-24-13)9-22-16-6-17(23-10-16)2-4-21(5-3-17)15-7-18-12-19-8-15;3-2(4,5)1(6)7/h7-8,11-12,16H,2-6,9-10H2,1H3;(H,6,7). The van der Waals surface area contributed by atoms with Gasteiger partial charge in [-0.15, -0.1) is 11.3 Å². The summed E-state index contributed by atoms with van der Waals surface area (Å²) in [4.78, 5) is 23.9. The van der Waals surface area contributed by atoms with Gasteiger partial charge in [0, 0.05) is 24.9 Å². The van der Waals surface area contributed by atoms with Crippen molar-refractivity contribution in [2.75, 3.05) is 24.6 Å². The first kappa shape index (κ1) is 23.4. The van der Waals surface area contributed by atoms with Gasteiger partial charge >= 0.3 is 12.1 Å². The molecule has 1 atom stereocenters. The molecule has 0 aliphatic carbocycles. The van der Waals surface area contributed by atoms with E-state index in [0.29, 0.717) is 13.2 Å². The van der Waals surface area contributed by atoms with Crippen LogP contribution in [-0.2, 0) is 20.9 Å². The third-order valence-corrected chi connectivity index (χ3v) is 5.96. The molecule has 4 rings (SSSR count). The molecule has 8 nitrogen and oxygen atoms in total. The maximum Gasteiger partial charge on any atom is 0.490 e. The average Bonchev–Trinajstić information content (AvgIpc) is 3.33. The molecule has 0 bridgehead atoms. The van der Waals surface area contributed by atoms with Gasteiger partial charge in [-0.1, -0.05) is 0 Å². The number of aromatic nitrogens is 3. The molecule has 12 heteroatoms. The van der Waals surface area contributed by atoms with Gasteiger partial charge in [0.05, 0.1) is 53.7 Å². The van der Waals surface area contributed by atoms with Crippen LogP contribution in [0.1, 0.15) is 30.0 Å². The van der Waals surface area contributed by atoms with Crippen LogP contribution < -0.4 is 4.90 Å². The number of ether oxygens (including phenoxy) is 2. The molecule has 1 spiro atoms. The van der Waals surface area contributed by atoms with Gasteiger partial charge in [-0.25, -0.2) is 19.7 Å². The molecule has 2 aliphatic rings. The fraction of sp³-hybridized carbons (Fsp3) is 0.579. The second-order valence-corrected chi connectivity index (χ2v) is 8.44. The maximum absolute atomic E-state index is 10.6. The summed E-state index contributed by atoms with van der Waals surface area (Å²) in [6.45, 7) is 5.25. The van der Waals surface area contributed by atoms with Crippen LogP contribution in [0, 0.1) is 6.92 Å². The van der Waals surface area contributed by atoms with Gasteiger partial charge in [-0.05, 0) is 19.8 Å². The highest BCUT2D eigenvalue weighted by atomic mass is 32.1. The Labute approximate surface area is 181 Å². The summed E-state index contributed by atoms with van der Waals surface area (Å²) in [5, 5.41) is 10.3. The van der Waals surface area contributed by atoms with Gasteiger partial charge < -0.3 is 19.5 Å². The first-order valence-electron chi connectivity index (χ1n) is 9.63. The minimum atomic E-state index is -5.08. The number of anilines is 1. The molecule has 1 unspecified atom stereocenters. The lowest BCUT2D eigenvalue weighted by atomic mass is 9.88. The van der Waals surface area contributed by atoms with E-state index in [4.69, 9.17) is 19.4 Å². The van der Waals surface area contributed by atoms with Crippen molar-refractivity contribution < 1.29 is 32.5 Å². The second kappa shape index (κ2) is 9.88. The number of aryl methyl sites for hydroxylation is 1. The molecule has 2 aromatic heterocycles. The molecule has 2 fully saturated rings. The average molecular weight is 460 g/mol. The van der Waals surface area contributed by atoms with Crippen molar-refractivity contribution in [3.63, 3.8) is 0 Å². The van der Waals surface area contributed by atoms with Crippen molar-refractivity contribution in [3.05, 3.63) is 34.8 Å². The van der Waals surface area contributed by atoms with Gasteiger partial charge in [0.15, 0.2) is 0 Å². The number of hydrogen-bond donors (Lipinski definition) is 1. The van der Waals surface area contributed by atoms with Crippen LogP contribution in [0.4, 0.5) is 18.9 Å². The quantitative estimate of drug-likeness (QED) is 0.743. The van der Waals surface area contributed by atoms with E-state index >= 15 is 0 Å². The van der Waals surface area contributed by atoms with Crippen LogP contribution in [0.15, 0.2) is 24.1 Å². The SMILES string of the molecule is Cc1nc(COC2COC3(CCN(c4cncnc4)CC3)C2)cs1.O=C(O)C(F)(F)F. The van der Waals surface area contributed by atoms with E-state index in [1.54, 1.807) is 17.7 Å². The van der Waals surface area contributed by atoms with Crippen molar-refractivity contribution >= 4 is 23.0 Å². The van der Waals surface area contributed by atoms with E-state index in [-0.39, 0.29) is 11.7 Å². The lowest BCUT2D eigenvalue weighted by Gasteiger charge is -2.39. The topological polar surface area (TPSA) is 97.7 Å². The number of thiazole rings is 1. The predicted molar refractivity (Wildman–Crippen MR) is 106 cm³/mol. The van der Waals surface area contributed by atoms with Crippen molar-refractivity contribution in [1.29, 1.82) is 0 Å². The maximum atomic E-state index is 10.6. The Morgan fingerprint density at radius 1 is 1.35 bits per heavy atom. The zero-order valence-electron chi connectivity index (χ0n) is 16.8. The minimum absolute atomic E-state index is 0.0191. The minimum Gasteiger partial charge on any atom is -0.475 e. The van der Waals surface area contributed by atoms with Crippen LogP contribution in [0.3, 0.4) is 0 Å². The number of carboxylic acids is 1. The van der Waals surface area contributed by atoms with E-state index in [2.05, 4.69) is 25.2 Å². The number of piperidine rings is 1. The van der Waals surface area contributed by atoms with Gasteiger partial charge in [0.25, 0.3) is 0 Å². The van der Waals surface area contributed by atoms with E-state index in [1.807, 2.05) is 19.3 Å². The van der Waals surface area contributed by atoms with E-state index in [1.165, 1.54) is 0 Å². The van der Waals surface area contributed by atoms with Crippen LogP contribution in [0.25, 0.3) is 0 Å². The highest BCUT2D eigenvalue weighted by Gasteiger charge is 2.43. The molecule has 4 heterocycles. The lowest BCUT2D eigenvalue weighted by molar-refractivity contribution is -0.192. The fourth-order valence-corrected chi connectivity index (χ4v) is 4.16. The highest BCUT2D eigenvalue weighted by Crippen LogP contribution is 2.38. The summed E-state index contributed by atoms with van der Waals surface area (Å²) in [5.41, 5.74) is 2.10. The van der Waals surface area contributed by atoms with Gasteiger partial charge in [-0.3, -0.25) is 0 Å². The Balaban J connectivity index is 0.000000339. The first-order chi connectivity index (χ1) is 14.7. The molecule has 0 saturated carbocycles. The summed E-state index contributed by atoms with van der Waals surface area (Å²) in [7, 11) is 0. The summed E-state index contributed by atoms with van der Waals surface area (Å²) >= 11 is 1.67. The zero-order chi connectivity index (χ0) is 22.5. The number of carbonyl (C=O) groups is 1. The lowest BCUT2D eigenvalue weighted by Crippen LogP contribution is -2.44. The molecule has 1 N–H and O–H groups in total. The monoisotopic (exact) mass is 460 g/mol. The number of carboxylic acid groups (broad SMARTS) is 1. The Hall–Kier alpha value is -2.31. The molecule has 0 aromatic carbocycles. The van der Waals surface area contributed by atoms with Crippen molar-refractivity contribution in [3.8, 4) is 0 Å². The largest absolute Gasteiger partial charge is 0.490 e. The number of nitrogens with zero attached hydrogens (tertiary/aromatic N) is 4. The molecular weight excluding hydrogens is 437 g/mol. The first-order valence-corrected chi connectivity index (χ1v) is 10.5. The molecule has 0 amide bonds. The Kier molecular flexibility index (Phi) is 7.44. The summed E-state index contributed by atoms with van der Waals surface area (Å²) in [6, 6.07) is 0. The number of alkyl halides is 3. The van der Waals surface area contributed by atoms with Crippen LogP contribution in [0.2, 0.25) is 0 Å². The van der Waals surface area contributed by atoms with Crippen LogP contribution in [-0.4, -0.2) is 63.6 Å². The van der Waals surface area contributed by atoms with E-state index in [9.17, 15) is 13.2 Å². The molecule has 170 valence electrons. The van der Waals surface area contributed by atoms with Crippen LogP contribution in [0.5, 0.6) is 0 Å². The Bertz CT molecular complexity index is 857. The molecule has 2 saturated heterocycles. The van der Waals surface area contributed by atoms with Crippen molar-refractivity contribution in [1.82, 2.24) is 15.0 Å². The van der Waals surface area contributed by atoms with Crippen LogP contribution >= 0.6 is 11.3 Å². The molecule has 0 radical (unpaired) electrons. The number of rotatable bonds is 4. The zero-order valence-corrected chi connectivity index (χ0v) is 17.7. The number of aliphatic carboxylic acids is 1. The molecule has 2 aliphatic heterocycles. The van der Waals surface area contributed by atoms with Crippen molar-refractivity contribution in [2.24, 2.45) is 0 Å². The molecular formula is C19H23F3N4O4S. The van der Waals surface area contributed by atoms with Gasteiger partial charge in [0.2, 0.25) is 0 Å². The van der Waals surface area contributed by atoms with Gasteiger partial charge in [0.1, 0.15) is 6.33 Å². The van der Waals surface area contributed by atoms with E-state index in [0.717, 1.165) is 48.7 Å². The summed E-state index contributed by atoms with van der Waals surface area (Å²) in [6.07, 6.45) is 3.45. The van der Waals surface area contributed by atoms with Crippen molar-refractivity contribution in [2.45, 2.75) is 50.7 Å². The normalized spacial score (nSPS) is 20.4.